The summed E-state index contributed by atoms with van der Waals surface area (Å²) in [6.07, 6.45) is 5.66. The molecule has 5 saturated heterocycles. The Kier molecular flexibility index (Phi) is 12.6. The first kappa shape index (κ1) is 45.5. The van der Waals surface area contributed by atoms with Gasteiger partial charge in [-0.05, 0) is 93.2 Å². The molecule has 19 heteroatoms. The number of anilines is 2. The predicted octanol–water partition coefficient (Wildman–Crippen LogP) is 3.93. The number of carbonyl (C=O) groups is 5. The quantitative estimate of drug-likeness (QED) is 0.191. The van der Waals surface area contributed by atoms with Gasteiger partial charge in [0.15, 0.2) is 5.65 Å². The maximum atomic E-state index is 13.8. The van der Waals surface area contributed by atoms with Crippen molar-refractivity contribution in [3.8, 4) is 22.8 Å². The number of carbonyl (C=O) groups excluding carboxylic acids is 5. The summed E-state index contributed by atoms with van der Waals surface area (Å²) in [5.41, 5.74) is 10.4. The van der Waals surface area contributed by atoms with Crippen LogP contribution in [0.25, 0.3) is 22.3 Å². The Morgan fingerprint density at radius 1 is 0.700 bits per heavy atom. The highest BCUT2D eigenvalue weighted by atomic mass is 16.5. The number of nitrogens with one attached hydrogen (secondary N) is 1. The van der Waals surface area contributed by atoms with E-state index in [-0.39, 0.29) is 24.9 Å². The van der Waals surface area contributed by atoms with Crippen LogP contribution in [-0.2, 0) is 9.59 Å². The Morgan fingerprint density at radius 3 is 2.11 bits per heavy atom. The number of hydrogen-bond donors (Lipinski definition) is 2. The van der Waals surface area contributed by atoms with Gasteiger partial charge in [0, 0.05) is 109 Å². The van der Waals surface area contributed by atoms with Crippen LogP contribution in [0.3, 0.4) is 0 Å². The number of nitrogens with zero attached hydrogens (tertiary/aromatic N) is 11. The number of imide groups is 2. The normalized spacial score (nSPS) is 22.2. The fraction of sp³-hybridized carbons (Fsp3) is 0.451. The van der Waals surface area contributed by atoms with Crippen LogP contribution in [0.2, 0.25) is 0 Å². The second-order valence-corrected chi connectivity index (χ2v) is 19.3. The molecule has 3 N–H and O–H groups in total. The second-order valence-electron chi connectivity index (χ2n) is 19.3. The van der Waals surface area contributed by atoms with Gasteiger partial charge in [-0.1, -0.05) is 18.2 Å². The van der Waals surface area contributed by atoms with Crippen molar-refractivity contribution in [3.63, 3.8) is 0 Å². The minimum Gasteiger partial charge on any atom is -0.457 e. The molecule has 19 nitrogen and oxygen atoms in total. The number of likely N-dealkylation sites (tertiary alicyclic amines) is 2. The van der Waals surface area contributed by atoms with Gasteiger partial charge < -0.3 is 25.2 Å². The summed E-state index contributed by atoms with van der Waals surface area (Å²) in [6, 6.07) is 22.6. The van der Waals surface area contributed by atoms with Crippen molar-refractivity contribution < 1.29 is 28.7 Å². The van der Waals surface area contributed by atoms with Crippen molar-refractivity contribution in [2.45, 2.75) is 56.7 Å². The largest absolute Gasteiger partial charge is 0.457 e. The zero-order chi connectivity index (χ0) is 47.9. The molecule has 6 amide bonds. The Morgan fingerprint density at radius 2 is 1.39 bits per heavy atom. The first-order valence-corrected chi connectivity index (χ1v) is 24.8. The van der Waals surface area contributed by atoms with Crippen molar-refractivity contribution in [2.24, 2.45) is 0 Å². The van der Waals surface area contributed by atoms with Crippen molar-refractivity contribution >= 4 is 52.2 Å². The van der Waals surface area contributed by atoms with Crippen molar-refractivity contribution in [2.75, 3.05) is 102 Å². The van der Waals surface area contributed by atoms with Crippen LogP contribution < -0.4 is 20.7 Å². The maximum absolute atomic E-state index is 13.8. The number of nitrogen functional groups attached to an aromatic ring is 1. The molecular formula is C51H59N13O6. The summed E-state index contributed by atoms with van der Waals surface area (Å²) in [6.45, 7) is 11.7. The molecule has 70 heavy (non-hydrogen) atoms. The molecule has 3 aromatic carbocycles. The molecule has 0 radical (unpaired) electrons. The Bertz CT molecular complexity index is 2780. The zero-order valence-electron chi connectivity index (χ0n) is 39.3. The fourth-order valence-electron chi connectivity index (χ4n) is 11.2. The molecule has 2 aromatic heterocycles. The maximum Gasteiger partial charge on any atom is 0.320 e. The number of benzene rings is 3. The van der Waals surface area contributed by atoms with E-state index in [0.29, 0.717) is 23.0 Å². The number of aromatic nitrogens is 4. The highest BCUT2D eigenvalue weighted by molar-refractivity contribution is 6.23. The van der Waals surface area contributed by atoms with Gasteiger partial charge in [0.05, 0.1) is 22.6 Å². The van der Waals surface area contributed by atoms with Crippen LogP contribution in [0.1, 0.15) is 65.3 Å². The third kappa shape index (κ3) is 9.04. The van der Waals surface area contributed by atoms with E-state index in [1.165, 1.54) is 6.33 Å². The van der Waals surface area contributed by atoms with E-state index < -0.39 is 29.7 Å². The van der Waals surface area contributed by atoms with Gasteiger partial charge in [0.1, 0.15) is 35.4 Å². The standard InChI is InChI=1S/C51H59N13O6/c52-46-44-45(34-8-11-39(12-9-34)70-38-6-2-1-3-7-38)56-64(47(44)54-33-53-46)37-5-4-18-62(32-37)35-16-19-60(20-17-35)51(69)61-29-25-58(26-30-61)22-21-57-23-27-59(28-24-57)36-10-13-40-41(31-36)50(68)63(49(40)67)42-14-15-43(65)55-48(42)66/h1-3,6-13,31,33,35,37,42H,4-5,14-30,32H2,(H2,52,53,54)(H,55,65,66)/t37-,42?/m1/s1. The molecule has 5 aromatic rings. The van der Waals surface area contributed by atoms with Gasteiger partial charge in [-0.25, -0.2) is 19.4 Å². The first-order chi connectivity index (χ1) is 34.1. The lowest BCUT2D eigenvalue weighted by atomic mass is 9.98. The number of rotatable bonds is 10. The summed E-state index contributed by atoms with van der Waals surface area (Å²) in [4.78, 5) is 88.4. The molecular weight excluding hydrogens is 891 g/mol. The van der Waals surface area contributed by atoms with Crippen molar-refractivity contribution in [1.82, 2.24) is 54.5 Å². The average molecular weight is 950 g/mol. The SMILES string of the molecule is Nc1ncnc2c1c(-c1ccc(Oc3ccccc3)cc1)nn2[C@@H]1CCCN(C2CCN(C(=O)N3CCN(CCN4CCN(c5ccc6c(c5)C(=O)N(C5CCC(=O)NC5=O)C6=O)CC4)CC3)CC2)C1. The molecule has 8 heterocycles. The molecule has 5 fully saturated rings. The van der Waals surface area contributed by atoms with Crippen molar-refractivity contribution in [3.05, 3.63) is 90.3 Å². The number of para-hydroxylation sites is 1. The number of amides is 6. The summed E-state index contributed by atoms with van der Waals surface area (Å²) in [5.74, 6) is -0.0617. The lowest BCUT2D eigenvalue weighted by molar-refractivity contribution is -0.136. The molecule has 0 aliphatic carbocycles. The topological polar surface area (TPSA) is 199 Å². The number of piperazine rings is 2. The molecule has 0 spiro atoms. The van der Waals surface area contributed by atoms with E-state index in [1.807, 2.05) is 65.6 Å². The minimum absolute atomic E-state index is 0.0888. The summed E-state index contributed by atoms with van der Waals surface area (Å²) in [7, 11) is 0. The predicted molar refractivity (Wildman–Crippen MR) is 261 cm³/mol. The number of piperidine rings is 3. The van der Waals surface area contributed by atoms with Crippen LogP contribution in [0.5, 0.6) is 11.5 Å². The number of urea groups is 1. The molecule has 0 saturated carbocycles. The first-order valence-electron chi connectivity index (χ1n) is 24.8. The van der Waals surface area contributed by atoms with Gasteiger partial charge in [-0.2, -0.15) is 5.10 Å². The highest BCUT2D eigenvalue weighted by Crippen LogP contribution is 2.36. The molecule has 11 rings (SSSR count). The third-order valence-corrected chi connectivity index (χ3v) is 15.2. The molecule has 0 bridgehead atoms. The average Bonchev–Trinajstić information content (AvgIpc) is 3.91. The van der Waals surface area contributed by atoms with E-state index >= 15 is 0 Å². The second kappa shape index (κ2) is 19.4. The number of ether oxygens (including phenoxy) is 1. The lowest BCUT2D eigenvalue weighted by Gasteiger charge is -2.44. The highest BCUT2D eigenvalue weighted by Gasteiger charge is 2.45. The third-order valence-electron chi connectivity index (χ3n) is 15.2. The summed E-state index contributed by atoms with van der Waals surface area (Å²) < 4.78 is 8.10. The van der Waals surface area contributed by atoms with Crippen LogP contribution in [0.4, 0.5) is 16.3 Å². The fourth-order valence-corrected chi connectivity index (χ4v) is 11.2. The van der Waals surface area contributed by atoms with E-state index in [1.54, 1.807) is 12.1 Å². The molecule has 6 aliphatic heterocycles. The lowest BCUT2D eigenvalue weighted by Crippen LogP contribution is -2.56. The molecule has 1 unspecified atom stereocenters. The Balaban J connectivity index is 0.625. The van der Waals surface area contributed by atoms with Crippen molar-refractivity contribution in [1.29, 1.82) is 0 Å². The molecule has 364 valence electrons. The number of nitrogens with two attached hydrogens (primary N) is 1. The van der Waals surface area contributed by atoms with E-state index in [4.69, 9.17) is 20.6 Å². The Labute approximate surface area is 406 Å². The van der Waals surface area contributed by atoms with Gasteiger partial charge >= 0.3 is 6.03 Å². The minimum atomic E-state index is -0.978. The van der Waals surface area contributed by atoms with Crippen LogP contribution >= 0.6 is 0 Å². The van der Waals surface area contributed by atoms with Crippen LogP contribution in [-0.4, -0.2) is 183 Å². The van der Waals surface area contributed by atoms with Crippen LogP contribution in [0, 0.1) is 0 Å². The Hall–Kier alpha value is -6.96. The summed E-state index contributed by atoms with van der Waals surface area (Å²) in [5, 5.41) is 8.19. The van der Waals surface area contributed by atoms with E-state index in [2.05, 4.69) is 39.5 Å². The van der Waals surface area contributed by atoms with Gasteiger partial charge in [0.25, 0.3) is 11.8 Å². The van der Waals surface area contributed by atoms with E-state index in [9.17, 15) is 24.0 Å². The van der Waals surface area contributed by atoms with Gasteiger partial charge in [-0.3, -0.25) is 44.1 Å². The number of fused-ring (bicyclic) bond motifs is 2. The smallest absolute Gasteiger partial charge is 0.320 e. The van der Waals surface area contributed by atoms with E-state index in [0.717, 1.165) is 162 Å². The monoisotopic (exact) mass is 949 g/mol. The molecule has 2 atom stereocenters. The van der Waals surface area contributed by atoms with Gasteiger partial charge in [0.2, 0.25) is 11.8 Å². The van der Waals surface area contributed by atoms with Gasteiger partial charge in [-0.15, -0.1) is 0 Å². The zero-order valence-corrected chi connectivity index (χ0v) is 39.3. The number of hydrogen-bond acceptors (Lipinski definition) is 14. The molecule has 6 aliphatic rings. The van der Waals surface area contributed by atoms with Crippen LogP contribution in [0.15, 0.2) is 79.1 Å². The summed E-state index contributed by atoms with van der Waals surface area (Å²) >= 11 is 0.